The quantitative estimate of drug-likeness (QED) is 0.0467. The van der Waals surface area contributed by atoms with E-state index in [1.54, 1.807) is 0 Å². The van der Waals surface area contributed by atoms with Crippen LogP contribution in [0.2, 0.25) is 0 Å². The van der Waals surface area contributed by atoms with Crippen molar-refractivity contribution in [1.29, 1.82) is 0 Å². The third-order valence-corrected chi connectivity index (χ3v) is 14.9. The van der Waals surface area contributed by atoms with E-state index in [1.807, 2.05) is 133 Å². The predicted octanol–water partition coefficient (Wildman–Crippen LogP) is 18.9. The van der Waals surface area contributed by atoms with Crippen molar-refractivity contribution in [1.82, 2.24) is 19.9 Å². The number of fused-ring (bicyclic) bond motifs is 8. The number of H-pyrrole nitrogens is 2. The highest BCUT2D eigenvalue weighted by molar-refractivity contribution is 5.88. The molecule has 9 rings (SSSR count). The van der Waals surface area contributed by atoms with Crippen molar-refractivity contribution in [3.8, 4) is 58.9 Å². The highest BCUT2D eigenvalue weighted by atomic mass is 16.5. The lowest BCUT2D eigenvalue weighted by atomic mass is 10.1. The maximum absolute atomic E-state index is 6.17. The fourth-order valence-electron chi connectivity index (χ4n) is 10.1. The van der Waals surface area contributed by atoms with E-state index >= 15 is 0 Å². The molecule has 82 heavy (non-hydrogen) atoms. The van der Waals surface area contributed by atoms with Gasteiger partial charge in [0.1, 0.15) is 11.5 Å². The average Bonchev–Trinajstić information content (AvgIpc) is 4.42. The van der Waals surface area contributed by atoms with Crippen LogP contribution in [-0.2, 0) is 0 Å². The Balaban J connectivity index is 1.04. The Labute approximate surface area is 488 Å². The van der Waals surface area contributed by atoms with Crippen LogP contribution in [0.25, 0.3) is 46.4 Å². The van der Waals surface area contributed by atoms with Crippen LogP contribution in [0, 0.1) is 47.4 Å². The first-order valence-electron chi connectivity index (χ1n) is 30.4. The minimum Gasteiger partial charge on any atom is -0.494 e. The molecule has 0 radical (unpaired) electrons. The Kier molecular flexibility index (Phi) is 22.6. The number of rotatable bonds is 24. The third-order valence-electron chi connectivity index (χ3n) is 14.9. The topological polar surface area (TPSA) is 75.8 Å². The summed E-state index contributed by atoms with van der Waals surface area (Å²) in [5.41, 5.74) is 12.6. The van der Waals surface area contributed by atoms with Gasteiger partial charge >= 0.3 is 0 Å². The zero-order chi connectivity index (χ0) is 56.2. The van der Waals surface area contributed by atoms with Gasteiger partial charge in [0.2, 0.25) is 0 Å². The fraction of sp³-hybridized carbons (Fsp3) is 0.316. The van der Waals surface area contributed by atoms with Gasteiger partial charge in [0, 0.05) is 22.3 Å². The van der Waals surface area contributed by atoms with Crippen molar-refractivity contribution in [3.05, 3.63) is 201 Å². The summed E-state index contributed by atoms with van der Waals surface area (Å²) in [6, 6.07) is 44.5. The van der Waals surface area contributed by atoms with E-state index in [2.05, 4.69) is 95.4 Å². The molecule has 3 aromatic heterocycles. The molecule has 0 saturated carbocycles. The van der Waals surface area contributed by atoms with Crippen LogP contribution in [-0.4, -0.2) is 33.1 Å². The molecule has 0 aliphatic carbocycles. The zero-order valence-electron chi connectivity index (χ0n) is 48.3. The Morgan fingerprint density at radius 2 is 0.585 bits per heavy atom. The van der Waals surface area contributed by atoms with Crippen LogP contribution in [0.15, 0.2) is 133 Å². The molecule has 6 heteroatoms. The standard InChI is InChI=1S/C76H78N4O2/c1-3-5-7-9-11-13-15-17-19-27-57-81-63-41-33-61(34-42-63)39-47-67-73-53-49-69(77-73)65(45-37-59-29-23-21-24-30-59)71-51-55-75(79-71)68(48-40-62-35-43-64(44-36-62)82-58-28-20-18-16-14-12-10-8-6-4-2)76-56-52-72(80-76)66(70-50-54-74(67)78-70)46-38-60-31-25-22-26-32-60/h21-26,29-36,41-44,49-56,77-78H,3-20,27-28,57-58H2,1-2H3. The number of unbranched alkanes of at least 4 members (excludes halogenated alkanes) is 18. The lowest BCUT2D eigenvalue weighted by molar-refractivity contribution is 0.304. The first kappa shape index (κ1) is 58.0. The molecule has 8 bridgehead atoms. The minimum atomic E-state index is 0.689. The molecule has 0 atom stereocenters. The Morgan fingerprint density at radius 1 is 0.293 bits per heavy atom. The Hall–Kier alpha value is -8.68. The average molecular weight is 1080 g/mol. The van der Waals surface area contributed by atoms with Crippen LogP contribution in [0.1, 0.15) is 210 Å². The van der Waals surface area contributed by atoms with Crippen molar-refractivity contribution in [3.63, 3.8) is 0 Å². The van der Waals surface area contributed by atoms with Gasteiger partial charge in [-0.1, -0.05) is 213 Å². The summed E-state index contributed by atoms with van der Waals surface area (Å²) >= 11 is 0. The van der Waals surface area contributed by atoms with Crippen molar-refractivity contribution in [2.75, 3.05) is 13.2 Å². The summed E-state index contributed by atoms with van der Waals surface area (Å²) in [5.74, 6) is 29.6. The largest absolute Gasteiger partial charge is 0.494 e. The van der Waals surface area contributed by atoms with E-state index in [1.165, 1.54) is 116 Å². The molecule has 2 aliphatic rings. The minimum absolute atomic E-state index is 0.689. The summed E-state index contributed by atoms with van der Waals surface area (Å²) in [6.07, 6.45) is 34.0. The van der Waals surface area contributed by atoms with Crippen LogP contribution in [0.5, 0.6) is 11.5 Å². The van der Waals surface area contributed by atoms with E-state index in [9.17, 15) is 0 Å². The van der Waals surface area contributed by atoms with Crippen LogP contribution < -0.4 is 9.47 Å². The molecule has 414 valence electrons. The van der Waals surface area contributed by atoms with Gasteiger partial charge in [-0.15, -0.1) is 0 Å². The normalized spacial score (nSPS) is 11.1. The number of hydrogen-bond donors (Lipinski definition) is 2. The third kappa shape index (κ3) is 17.7. The number of hydrogen-bond acceptors (Lipinski definition) is 4. The van der Waals surface area contributed by atoms with Gasteiger partial charge < -0.3 is 19.4 Å². The maximum Gasteiger partial charge on any atom is 0.119 e. The molecule has 2 N–H and O–H groups in total. The molecule has 2 aliphatic heterocycles. The van der Waals surface area contributed by atoms with Gasteiger partial charge in [0.15, 0.2) is 0 Å². The second-order valence-corrected chi connectivity index (χ2v) is 21.3. The zero-order valence-corrected chi connectivity index (χ0v) is 48.3. The fourth-order valence-corrected chi connectivity index (χ4v) is 10.1. The molecule has 0 saturated heterocycles. The number of nitrogens with one attached hydrogen (secondary N) is 2. The number of ether oxygens (including phenoxy) is 2. The molecule has 0 fully saturated rings. The van der Waals surface area contributed by atoms with Crippen molar-refractivity contribution >= 4 is 46.4 Å². The second-order valence-electron chi connectivity index (χ2n) is 21.3. The monoisotopic (exact) mass is 1080 g/mol. The molecule has 7 aromatic rings. The van der Waals surface area contributed by atoms with Crippen LogP contribution in [0.4, 0.5) is 0 Å². The van der Waals surface area contributed by atoms with Gasteiger partial charge in [-0.3, -0.25) is 0 Å². The Bertz CT molecular complexity index is 3530. The molecular formula is C76H78N4O2. The number of aromatic nitrogens is 4. The number of aromatic amines is 2. The lowest BCUT2D eigenvalue weighted by Gasteiger charge is -2.06. The highest BCUT2D eigenvalue weighted by Crippen LogP contribution is 2.28. The summed E-state index contributed by atoms with van der Waals surface area (Å²) in [5, 5.41) is 0. The molecule has 5 heterocycles. The number of benzene rings is 4. The van der Waals surface area contributed by atoms with Gasteiger partial charge in [-0.2, -0.15) is 0 Å². The summed E-state index contributed by atoms with van der Waals surface area (Å²) in [6.45, 7) is 5.98. The van der Waals surface area contributed by atoms with E-state index in [0.717, 1.165) is 92.0 Å². The summed E-state index contributed by atoms with van der Waals surface area (Å²) in [7, 11) is 0. The highest BCUT2D eigenvalue weighted by Gasteiger charge is 2.16. The van der Waals surface area contributed by atoms with Crippen molar-refractivity contribution in [2.24, 2.45) is 0 Å². The Morgan fingerprint density at radius 3 is 0.951 bits per heavy atom. The predicted molar refractivity (Wildman–Crippen MR) is 343 cm³/mol. The van der Waals surface area contributed by atoms with Gasteiger partial charge in [-0.25, -0.2) is 9.97 Å². The van der Waals surface area contributed by atoms with Gasteiger partial charge in [0.05, 0.1) is 80.3 Å². The van der Waals surface area contributed by atoms with Crippen LogP contribution >= 0.6 is 0 Å². The molecular weight excluding hydrogens is 1000 g/mol. The maximum atomic E-state index is 6.17. The number of nitrogens with zero attached hydrogens (tertiary/aromatic N) is 2. The van der Waals surface area contributed by atoms with E-state index in [4.69, 9.17) is 19.4 Å². The SMILES string of the molecule is CCCCCCCCCCCCOc1ccc(C#Cc2c3nc(c(C#Cc4ccccc4)c4ccc([nH]4)c(C#Cc4ccc(OCCCCCCCCCCCC)cc4)c4ccc([nH]4)c(C#Cc4ccccc4)c4nc2C=C4)C=C3)cc1. The van der Waals surface area contributed by atoms with E-state index in [0.29, 0.717) is 34.9 Å². The molecule has 0 amide bonds. The summed E-state index contributed by atoms with van der Waals surface area (Å²) < 4.78 is 12.3. The molecule has 6 nitrogen and oxygen atoms in total. The smallest absolute Gasteiger partial charge is 0.119 e. The van der Waals surface area contributed by atoms with Crippen molar-refractivity contribution in [2.45, 2.75) is 142 Å². The van der Waals surface area contributed by atoms with Crippen molar-refractivity contribution < 1.29 is 9.47 Å². The lowest BCUT2D eigenvalue weighted by Crippen LogP contribution is -1.97. The second kappa shape index (κ2) is 31.9. The van der Waals surface area contributed by atoms with Crippen LogP contribution in [0.3, 0.4) is 0 Å². The molecule has 0 unspecified atom stereocenters. The van der Waals surface area contributed by atoms with E-state index < -0.39 is 0 Å². The van der Waals surface area contributed by atoms with E-state index in [-0.39, 0.29) is 0 Å². The van der Waals surface area contributed by atoms with Gasteiger partial charge in [-0.05, 0) is 134 Å². The molecule has 0 spiro atoms. The summed E-state index contributed by atoms with van der Waals surface area (Å²) in [4.78, 5) is 18.1. The van der Waals surface area contributed by atoms with Gasteiger partial charge in [0.25, 0.3) is 0 Å². The first-order valence-corrected chi connectivity index (χ1v) is 30.4. The first-order chi connectivity index (χ1) is 40.6. The molecule has 4 aromatic carbocycles.